The molecule has 0 spiro atoms. The zero-order valence-corrected chi connectivity index (χ0v) is 8.40. The Bertz CT molecular complexity index is 246. The van der Waals surface area contributed by atoms with Crippen LogP contribution in [0.5, 0.6) is 0 Å². The molecule has 0 aliphatic rings. The number of hydrogen-bond acceptors (Lipinski definition) is 1. The Labute approximate surface area is 78.7 Å². The van der Waals surface area contributed by atoms with E-state index in [1.165, 1.54) is 10.5 Å². The Morgan fingerprint density at radius 2 is 1.92 bits per heavy atom. The quantitative estimate of drug-likeness (QED) is 0.634. The van der Waals surface area contributed by atoms with Crippen molar-refractivity contribution in [2.75, 3.05) is 6.26 Å². The summed E-state index contributed by atoms with van der Waals surface area (Å²) in [4.78, 5) is 1.32. The molecule has 64 valence electrons. The minimum atomic E-state index is 1.10. The van der Waals surface area contributed by atoms with E-state index in [1.54, 1.807) is 11.8 Å². The van der Waals surface area contributed by atoms with Crippen molar-refractivity contribution in [2.24, 2.45) is 0 Å². The summed E-state index contributed by atoms with van der Waals surface area (Å²) in [5, 5.41) is 0. The maximum Gasteiger partial charge on any atom is 0.00695 e. The molecule has 1 aromatic rings. The van der Waals surface area contributed by atoms with E-state index in [0.29, 0.717) is 0 Å². The van der Waals surface area contributed by atoms with Crippen LogP contribution in [0.4, 0.5) is 0 Å². The van der Waals surface area contributed by atoms with Crippen molar-refractivity contribution in [3.63, 3.8) is 0 Å². The third kappa shape index (κ3) is 2.74. The van der Waals surface area contributed by atoms with Crippen LogP contribution in [-0.2, 0) is 0 Å². The molecule has 0 radical (unpaired) electrons. The summed E-state index contributed by atoms with van der Waals surface area (Å²) in [6.07, 6.45) is 7.53. The molecule has 0 unspecified atom stereocenters. The molecular weight excluding hydrogens is 164 g/mol. The van der Waals surface area contributed by atoms with E-state index in [1.807, 2.05) is 0 Å². The third-order valence-corrected chi connectivity index (χ3v) is 2.41. The Kier molecular flexibility index (Phi) is 3.95. The van der Waals surface area contributed by atoms with Crippen molar-refractivity contribution in [1.82, 2.24) is 0 Å². The molecule has 1 aromatic carbocycles. The Balaban J connectivity index is 2.71. The van der Waals surface area contributed by atoms with Gasteiger partial charge < -0.3 is 0 Å². The van der Waals surface area contributed by atoms with Gasteiger partial charge in [0.25, 0.3) is 0 Å². The normalized spacial score (nSPS) is 10.8. The molecule has 0 heterocycles. The summed E-state index contributed by atoms with van der Waals surface area (Å²) in [6, 6.07) is 8.61. The smallest absolute Gasteiger partial charge is 0.00695 e. The van der Waals surface area contributed by atoms with Gasteiger partial charge in [-0.05, 0) is 30.4 Å². The lowest BCUT2D eigenvalue weighted by molar-refractivity contribution is 1.23. The fourth-order valence-electron chi connectivity index (χ4n) is 0.969. The lowest BCUT2D eigenvalue weighted by atomic mass is 10.2. The van der Waals surface area contributed by atoms with Crippen molar-refractivity contribution in [1.29, 1.82) is 0 Å². The van der Waals surface area contributed by atoms with Gasteiger partial charge in [0.15, 0.2) is 0 Å². The first-order valence-corrected chi connectivity index (χ1v) is 5.40. The first-order valence-electron chi connectivity index (χ1n) is 4.17. The van der Waals surface area contributed by atoms with Crippen molar-refractivity contribution in [2.45, 2.75) is 18.2 Å². The van der Waals surface area contributed by atoms with Gasteiger partial charge in [-0.15, -0.1) is 11.8 Å². The first-order chi connectivity index (χ1) is 5.86. The molecule has 1 heteroatoms. The summed E-state index contributed by atoms with van der Waals surface area (Å²) >= 11 is 1.78. The molecule has 1 rings (SSSR count). The van der Waals surface area contributed by atoms with E-state index in [0.717, 1.165) is 6.42 Å². The molecule has 0 aromatic heterocycles. The predicted molar refractivity (Wildman–Crippen MR) is 57.5 cm³/mol. The molecule has 0 saturated heterocycles. The summed E-state index contributed by atoms with van der Waals surface area (Å²) in [5.74, 6) is 0. The zero-order chi connectivity index (χ0) is 8.81. The van der Waals surface area contributed by atoms with Crippen LogP contribution in [0.25, 0.3) is 6.08 Å². The summed E-state index contributed by atoms with van der Waals surface area (Å²) < 4.78 is 0. The molecule has 12 heavy (non-hydrogen) atoms. The van der Waals surface area contributed by atoms with Crippen LogP contribution < -0.4 is 0 Å². The van der Waals surface area contributed by atoms with Crippen LogP contribution in [-0.4, -0.2) is 6.26 Å². The lowest BCUT2D eigenvalue weighted by Crippen LogP contribution is -1.72. The molecule has 0 aliphatic carbocycles. The van der Waals surface area contributed by atoms with Gasteiger partial charge in [-0.1, -0.05) is 31.2 Å². The van der Waals surface area contributed by atoms with Gasteiger partial charge in [0.05, 0.1) is 0 Å². The van der Waals surface area contributed by atoms with Crippen LogP contribution in [0.2, 0.25) is 0 Å². The second-order valence-corrected chi connectivity index (χ2v) is 3.46. The predicted octanol–water partition coefficient (Wildman–Crippen LogP) is 3.83. The number of rotatable bonds is 3. The molecule has 0 N–H and O–H groups in total. The fraction of sp³-hybridized carbons (Fsp3) is 0.273. The third-order valence-electron chi connectivity index (χ3n) is 1.66. The van der Waals surface area contributed by atoms with Crippen LogP contribution in [0, 0.1) is 0 Å². The SMILES string of the molecule is CCC=Cc1ccc(SC)cc1. The molecular formula is C11H14S. The largest absolute Gasteiger partial charge is 0.130 e. The van der Waals surface area contributed by atoms with Crippen LogP contribution in [0.1, 0.15) is 18.9 Å². The van der Waals surface area contributed by atoms with Gasteiger partial charge in [0.2, 0.25) is 0 Å². The van der Waals surface area contributed by atoms with E-state index < -0.39 is 0 Å². The van der Waals surface area contributed by atoms with Gasteiger partial charge in [-0.2, -0.15) is 0 Å². The second kappa shape index (κ2) is 5.04. The number of hydrogen-bond donors (Lipinski definition) is 0. The fourth-order valence-corrected chi connectivity index (χ4v) is 1.38. The Morgan fingerprint density at radius 1 is 1.25 bits per heavy atom. The monoisotopic (exact) mass is 178 g/mol. The Hall–Kier alpha value is -0.690. The topological polar surface area (TPSA) is 0 Å². The van der Waals surface area contributed by atoms with Crippen LogP contribution in [0.15, 0.2) is 35.2 Å². The molecule has 0 aliphatic heterocycles. The highest BCUT2D eigenvalue weighted by molar-refractivity contribution is 7.98. The van der Waals surface area contributed by atoms with Gasteiger partial charge in [-0.25, -0.2) is 0 Å². The number of thioether (sulfide) groups is 1. The highest BCUT2D eigenvalue weighted by Crippen LogP contribution is 2.15. The molecule has 0 fully saturated rings. The van der Waals surface area contributed by atoms with E-state index >= 15 is 0 Å². The van der Waals surface area contributed by atoms with E-state index in [-0.39, 0.29) is 0 Å². The van der Waals surface area contributed by atoms with Gasteiger partial charge in [-0.3, -0.25) is 0 Å². The molecule has 0 saturated carbocycles. The van der Waals surface area contributed by atoms with Crippen LogP contribution >= 0.6 is 11.8 Å². The number of benzene rings is 1. The van der Waals surface area contributed by atoms with Gasteiger partial charge in [0.1, 0.15) is 0 Å². The van der Waals surface area contributed by atoms with E-state index in [4.69, 9.17) is 0 Å². The van der Waals surface area contributed by atoms with Gasteiger partial charge >= 0.3 is 0 Å². The number of allylic oxidation sites excluding steroid dienone is 1. The lowest BCUT2D eigenvalue weighted by Gasteiger charge is -1.96. The maximum absolute atomic E-state index is 2.17. The van der Waals surface area contributed by atoms with Crippen molar-refractivity contribution < 1.29 is 0 Å². The van der Waals surface area contributed by atoms with E-state index in [2.05, 4.69) is 49.6 Å². The first kappa shape index (κ1) is 9.40. The highest BCUT2D eigenvalue weighted by atomic mass is 32.2. The minimum Gasteiger partial charge on any atom is -0.130 e. The highest BCUT2D eigenvalue weighted by Gasteiger charge is 1.88. The average Bonchev–Trinajstić information content (AvgIpc) is 2.15. The van der Waals surface area contributed by atoms with E-state index in [9.17, 15) is 0 Å². The molecule has 0 atom stereocenters. The average molecular weight is 178 g/mol. The summed E-state index contributed by atoms with van der Waals surface area (Å²) in [5.41, 5.74) is 1.29. The van der Waals surface area contributed by atoms with Crippen molar-refractivity contribution >= 4 is 17.8 Å². The maximum atomic E-state index is 2.17. The standard InChI is InChI=1S/C11H14S/c1-3-4-5-10-6-8-11(12-2)9-7-10/h4-9H,3H2,1-2H3. The van der Waals surface area contributed by atoms with Crippen molar-refractivity contribution in [3.8, 4) is 0 Å². The van der Waals surface area contributed by atoms with Gasteiger partial charge in [0, 0.05) is 4.90 Å². The van der Waals surface area contributed by atoms with Crippen molar-refractivity contribution in [3.05, 3.63) is 35.9 Å². The Morgan fingerprint density at radius 3 is 2.42 bits per heavy atom. The summed E-state index contributed by atoms with van der Waals surface area (Å²) in [6.45, 7) is 2.15. The van der Waals surface area contributed by atoms with Crippen LogP contribution in [0.3, 0.4) is 0 Å². The molecule has 0 bridgehead atoms. The molecule has 0 amide bonds. The minimum absolute atomic E-state index is 1.10. The summed E-state index contributed by atoms with van der Waals surface area (Å²) in [7, 11) is 0. The molecule has 0 nitrogen and oxygen atoms in total. The zero-order valence-electron chi connectivity index (χ0n) is 7.58. The second-order valence-electron chi connectivity index (χ2n) is 2.58.